The Labute approximate surface area is 286 Å². The van der Waals surface area contributed by atoms with Gasteiger partial charge in [0.15, 0.2) is 0 Å². The molecule has 1 heterocycles. The fourth-order valence-corrected chi connectivity index (χ4v) is 8.17. The van der Waals surface area contributed by atoms with E-state index in [1.807, 2.05) is 0 Å². The van der Waals surface area contributed by atoms with E-state index in [0.29, 0.717) is 5.92 Å². The van der Waals surface area contributed by atoms with Crippen molar-refractivity contribution < 1.29 is 0 Å². The molecule has 0 radical (unpaired) electrons. The quantitative estimate of drug-likeness (QED) is 0.184. The second-order valence-electron chi connectivity index (χ2n) is 13.3. The van der Waals surface area contributed by atoms with Gasteiger partial charge in [-0.25, -0.2) is 0 Å². The molecule has 0 aliphatic heterocycles. The molecule has 1 aromatic heterocycles. The van der Waals surface area contributed by atoms with E-state index in [9.17, 15) is 0 Å². The van der Waals surface area contributed by atoms with Crippen LogP contribution in [0.25, 0.3) is 71.6 Å². The fourth-order valence-electron chi connectivity index (χ4n) is 8.17. The van der Waals surface area contributed by atoms with Crippen molar-refractivity contribution in [2.24, 2.45) is 0 Å². The van der Waals surface area contributed by atoms with Crippen molar-refractivity contribution in [2.45, 2.75) is 12.3 Å². The van der Waals surface area contributed by atoms with E-state index >= 15 is 0 Å². The second-order valence-corrected chi connectivity index (χ2v) is 13.3. The molecular formula is C48H33N. The number of hydrogen-bond acceptors (Lipinski definition) is 0. The lowest BCUT2D eigenvalue weighted by Gasteiger charge is -2.29. The molecule has 0 spiro atoms. The molecule has 0 amide bonds. The highest BCUT2D eigenvalue weighted by atomic mass is 15.0. The van der Waals surface area contributed by atoms with E-state index in [2.05, 4.69) is 187 Å². The number of para-hydroxylation sites is 1. The molecule has 1 unspecified atom stereocenters. The zero-order chi connectivity index (χ0) is 32.3. The summed E-state index contributed by atoms with van der Waals surface area (Å²) >= 11 is 0. The Morgan fingerprint density at radius 2 is 1.12 bits per heavy atom. The standard InChI is InChI=1S/C48H33N/c1-2-11-32(12-3-1)34-16-10-17-38(27-34)44-31-39-15-6-7-18-41(39)45-29-36(22-25-42(44)45)37-23-26-48-46(30-37)43-19-8-9-20-47(43)49(48)40-24-21-33-13-4-5-14-35(33)28-40/h1-30,44H,31H2. The van der Waals surface area contributed by atoms with Crippen LogP contribution < -0.4 is 0 Å². The SMILES string of the molecule is c1ccc(-c2cccc(C3Cc4ccccc4-c4cc(-c5ccc6c(c5)c5ccccc5n6-c5ccc6ccccc6c5)ccc43)c2)cc1. The second kappa shape index (κ2) is 11.2. The first-order valence-electron chi connectivity index (χ1n) is 17.2. The minimum atomic E-state index is 0.296. The third-order valence-corrected chi connectivity index (χ3v) is 10.6. The molecule has 0 saturated heterocycles. The van der Waals surface area contributed by atoms with Gasteiger partial charge in [-0.15, -0.1) is 0 Å². The minimum absolute atomic E-state index is 0.296. The van der Waals surface area contributed by atoms with E-state index < -0.39 is 0 Å². The van der Waals surface area contributed by atoms with Crippen LogP contribution in [-0.2, 0) is 6.42 Å². The highest BCUT2D eigenvalue weighted by molar-refractivity contribution is 6.10. The monoisotopic (exact) mass is 623 g/mol. The van der Waals surface area contributed by atoms with E-state index in [-0.39, 0.29) is 0 Å². The lowest BCUT2D eigenvalue weighted by Crippen LogP contribution is -2.13. The van der Waals surface area contributed by atoms with Crippen LogP contribution in [-0.4, -0.2) is 4.57 Å². The molecule has 1 nitrogen and oxygen atoms in total. The van der Waals surface area contributed by atoms with Crippen molar-refractivity contribution in [2.75, 3.05) is 0 Å². The molecule has 0 fully saturated rings. The maximum absolute atomic E-state index is 2.44. The molecule has 0 bridgehead atoms. The Morgan fingerprint density at radius 3 is 2.06 bits per heavy atom. The van der Waals surface area contributed by atoms with Crippen molar-refractivity contribution in [3.63, 3.8) is 0 Å². The average Bonchev–Trinajstić information content (AvgIpc) is 3.51. The molecular weight excluding hydrogens is 591 g/mol. The maximum atomic E-state index is 2.44. The molecule has 0 N–H and O–H groups in total. The zero-order valence-electron chi connectivity index (χ0n) is 27.1. The maximum Gasteiger partial charge on any atom is 0.0541 e. The Kier molecular flexibility index (Phi) is 6.38. The van der Waals surface area contributed by atoms with Gasteiger partial charge in [-0.3, -0.25) is 0 Å². The van der Waals surface area contributed by atoms with Crippen molar-refractivity contribution in [3.8, 4) is 39.1 Å². The summed E-state index contributed by atoms with van der Waals surface area (Å²) in [5.74, 6) is 0.296. The van der Waals surface area contributed by atoms with Crippen LogP contribution in [0.3, 0.4) is 0 Å². The summed E-state index contributed by atoms with van der Waals surface area (Å²) in [5.41, 5.74) is 15.5. The number of aromatic nitrogens is 1. The molecule has 8 aromatic carbocycles. The van der Waals surface area contributed by atoms with Gasteiger partial charge in [0.25, 0.3) is 0 Å². The van der Waals surface area contributed by atoms with Crippen LogP contribution in [0.4, 0.5) is 0 Å². The summed E-state index contributed by atoms with van der Waals surface area (Å²) in [4.78, 5) is 0. The Balaban J connectivity index is 1.11. The Hall–Kier alpha value is -6.18. The molecule has 1 aliphatic rings. The number of fused-ring (bicyclic) bond motifs is 7. The normalized spacial score (nSPS) is 13.8. The largest absolute Gasteiger partial charge is 0.309 e. The molecule has 1 heteroatoms. The van der Waals surface area contributed by atoms with Crippen LogP contribution in [0, 0.1) is 0 Å². The third-order valence-electron chi connectivity index (χ3n) is 10.6. The highest BCUT2D eigenvalue weighted by Crippen LogP contribution is 2.45. The molecule has 49 heavy (non-hydrogen) atoms. The van der Waals surface area contributed by atoms with Crippen molar-refractivity contribution in [1.82, 2.24) is 4.57 Å². The topological polar surface area (TPSA) is 4.93 Å². The molecule has 0 saturated carbocycles. The Bertz CT molecular complexity index is 2690. The third kappa shape index (κ3) is 4.62. The van der Waals surface area contributed by atoms with Gasteiger partial charge in [-0.1, -0.05) is 146 Å². The molecule has 10 rings (SSSR count). The summed E-state index contributed by atoms with van der Waals surface area (Å²) in [7, 11) is 0. The van der Waals surface area contributed by atoms with Gasteiger partial charge < -0.3 is 4.57 Å². The molecule has 230 valence electrons. The lowest BCUT2D eigenvalue weighted by molar-refractivity contribution is 0.794. The zero-order valence-corrected chi connectivity index (χ0v) is 27.1. The van der Waals surface area contributed by atoms with Crippen molar-refractivity contribution in [3.05, 3.63) is 199 Å². The van der Waals surface area contributed by atoms with Gasteiger partial charge in [0, 0.05) is 22.4 Å². The number of rotatable bonds is 4. The molecule has 1 atom stereocenters. The van der Waals surface area contributed by atoms with Crippen LogP contribution in [0.15, 0.2) is 182 Å². The first kappa shape index (κ1) is 27.9. The smallest absolute Gasteiger partial charge is 0.0541 e. The molecule has 1 aliphatic carbocycles. The summed E-state index contributed by atoms with van der Waals surface area (Å²) in [6, 6.07) is 67.2. The highest BCUT2D eigenvalue weighted by Gasteiger charge is 2.26. The molecule has 9 aromatic rings. The van der Waals surface area contributed by atoms with E-state index in [1.54, 1.807) is 0 Å². The van der Waals surface area contributed by atoms with Crippen molar-refractivity contribution in [1.29, 1.82) is 0 Å². The number of hydrogen-bond donors (Lipinski definition) is 0. The van der Waals surface area contributed by atoms with Gasteiger partial charge in [0.2, 0.25) is 0 Å². The van der Waals surface area contributed by atoms with Crippen LogP contribution in [0.1, 0.15) is 22.6 Å². The Morgan fingerprint density at radius 1 is 0.408 bits per heavy atom. The van der Waals surface area contributed by atoms with Crippen LogP contribution >= 0.6 is 0 Å². The van der Waals surface area contributed by atoms with Gasteiger partial charge in [0.1, 0.15) is 0 Å². The van der Waals surface area contributed by atoms with Gasteiger partial charge in [-0.05, 0) is 104 Å². The summed E-state index contributed by atoms with van der Waals surface area (Å²) in [6.45, 7) is 0. The summed E-state index contributed by atoms with van der Waals surface area (Å²) in [5, 5.41) is 5.06. The van der Waals surface area contributed by atoms with Crippen LogP contribution in [0.5, 0.6) is 0 Å². The predicted octanol–water partition coefficient (Wildman–Crippen LogP) is 12.6. The number of nitrogens with zero attached hydrogens (tertiary/aromatic N) is 1. The average molecular weight is 624 g/mol. The van der Waals surface area contributed by atoms with E-state index in [0.717, 1.165) is 6.42 Å². The predicted molar refractivity (Wildman–Crippen MR) is 207 cm³/mol. The van der Waals surface area contributed by atoms with Crippen LogP contribution in [0.2, 0.25) is 0 Å². The first-order valence-corrected chi connectivity index (χ1v) is 17.2. The van der Waals surface area contributed by atoms with Gasteiger partial charge in [-0.2, -0.15) is 0 Å². The van der Waals surface area contributed by atoms with Gasteiger partial charge in [0.05, 0.1) is 11.0 Å². The first-order chi connectivity index (χ1) is 24.3. The lowest BCUT2D eigenvalue weighted by atomic mass is 9.74. The number of benzene rings is 8. The fraction of sp³-hybridized carbons (Fsp3) is 0.0417. The summed E-state index contributed by atoms with van der Waals surface area (Å²) in [6.07, 6.45) is 1.00. The van der Waals surface area contributed by atoms with E-state index in [1.165, 1.54) is 88.3 Å². The minimum Gasteiger partial charge on any atom is -0.309 e. The van der Waals surface area contributed by atoms with Gasteiger partial charge >= 0.3 is 0 Å². The van der Waals surface area contributed by atoms with Crippen molar-refractivity contribution >= 4 is 32.6 Å². The summed E-state index contributed by atoms with van der Waals surface area (Å²) < 4.78 is 2.41. The van der Waals surface area contributed by atoms with E-state index in [4.69, 9.17) is 0 Å².